The van der Waals surface area contributed by atoms with E-state index in [0.717, 1.165) is 24.5 Å². The van der Waals surface area contributed by atoms with Gasteiger partial charge in [-0.25, -0.2) is 4.79 Å². The van der Waals surface area contributed by atoms with Crippen molar-refractivity contribution in [1.29, 1.82) is 0 Å². The van der Waals surface area contributed by atoms with Crippen molar-refractivity contribution in [1.82, 2.24) is 0 Å². The van der Waals surface area contributed by atoms with Gasteiger partial charge in [0, 0.05) is 12.3 Å². The standard InChI is InChI=1S/C11H17NO3/c1-7-3-2-4-8(5-7)9-6-10(11(13)14)15-12-9/h7-8,10H,2-6H2,1H3,(H,13,14)/t7-,8-,10-/m0/s1. The van der Waals surface area contributed by atoms with Crippen molar-refractivity contribution in [3.05, 3.63) is 0 Å². The van der Waals surface area contributed by atoms with Crippen LogP contribution in [0.4, 0.5) is 0 Å². The van der Waals surface area contributed by atoms with Crippen molar-refractivity contribution < 1.29 is 14.7 Å². The first-order valence-corrected chi connectivity index (χ1v) is 5.62. The predicted molar refractivity (Wildman–Crippen MR) is 55.7 cm³/mol. The van der Waals surface area contributed by atoms with Gasteiger partial charge in [0.25, 0.3) is 0 Å². The van der Waals surface area contributed by atoms with Gasteiger partial charge in [-0.3, -0.25) is 0 Å². The zero-order valence-electron chi connectivity index (χ0n) is 8.98. The van der Waals surface area contributed by atoms with Crippen LogP contribution in [-0.4, -0.2) is 22.9 Å². The molecule has 1 fully saturated rings. The Labute approximate surface area is 89.3 Å². The fourth-order valence-electron chi connectivity index (χ4n) is 2.51. The van der Waals surface area contributed by atoms with E-state index < -0.39 is 12.1 Å². The number of carboxylic acids is 1. The Kier molecular flexibility index (Phi) is 2.93. The van der Waals surface area contributed by atoms with E-state index in [1.165, 1.54) is 12.8 Å². The lowest BCUT2D eigenvalue weighted by Crippen LogP contribution is -2.25. The third-order valence-electron chi connectivity index (χ3n) is 3.37. The summed E-state index contributed by atoms with van der Waals surface area (Å²) in [6.07, 6.45) is 4.52. The van der Waals surface area contributed by atoms with Gasteiger partial charge in [0.05, 0.1) is 5.71 Å². The lowest BCUT2D eigenvalue weighted by atomic mass is 9.79. The number of carboxylic acid groups (broad SMARTS) is 1. The Hall–Kier alpha value is -1.06. The van der Waals surface area contributed by atoms with Crippen LogP contribution >= 0.6 is 0 Å². The minimum absolute atomic E-state index is 0.457. The molecule has 0 radical (unpaired) electrons. The van der Waals surface area contributed by atoms with Gasteiger partial charge in [0.15, 0.2) is 0 Å². The van der Waals surface area contributed by atoms with Gasteiger partial charge in [-0.1, -0.05) is 24.9 Å². The Morgan fingerprint density at radius 2 is 2.33 bits per heavy atom. The SMILES string of the molecule is C[C@H]1CCC[C@H](C2=NO[C@H](C(=O)O)C2)C1. The van der Waals surface area contributed by atoms with Gasteiger partial charge in [-0.15, -0.1) is 0 Å². The lowest BCUT2D eigenvalue weighted by molar-refractivity contribution is -0.148. The maximum absolute atomic E-state index is 10.7. The van der Waals surface area contributed by atoms with Gasteiger partial charge in [0.2, 0.25) is 6.10 Å². The maximum Gasteiger partial charge on any atom is 0.348 e. The molecule has 0 aromatic heterocycles. The Morgan fingerprint density at radius 3 is 2.93 bits per heavy atom. The smallest absolute Gasteiger partial charge is 0.348 e. The molecule has 1 aliphatic heterocycles. The highest BCUT2D eigenvalue weighted by Gasteiger charge is 2.33. The molecule has 15 heavy (non-hydrogen) atoms. The number of carbonyl (C=O) groups is 1. The first-order valence-electron chi connectivity index (χ1n) is 5.62. The summed E-state index contributed by atoms with van der Waals surface area (Å²) in [6.45, 7) is 2.25. The summed E-state index contributed by atoms with van der Waals surface area (Å²) in [5.41, 5.74) is 0.967. The molecule has 4 heteroatoms. The second-order valence-electron chi connectivity index (χ2n) is 4.69. The summed E-state index contributed by atoms with van der Waals surface area (Å²) in [7, 11) is 0. The molecule has 0 aromatic carbocycles. The summed E-state index contributed by atoms with van der Waals surface area (Å²) in [6, 6.07) is 0. The van der Waals surface area contributed by atoms with Crippen LogP contribution in [0.15, 0.2) is 5.16 Å². The van der Waals surface area contributed by atoms with Crippen LogP contribution < -0.4 is 0 Å². The highest BCUT2D eigenvalue weighted by Crippen LogP contribution is 2.32. The molecule has 3 atom stereocenters. The first kappa shape index (κ1) is 10.5. The minimum atomic E-state index is -0.905. The van der Waals surface area contributed by atoms with Gasteiger partial charge >= 0.3 is 5.97 Å². The number of hydrogen-bond acceptors (Lipinski definition) is 3. The highest BCUT2D eigenvalue weighted by atomic mass is 16.7. The topological polar surface area (TPSA) is 58.9 Å². The Bertz CT molecular complexity index is 288. The molecule has 1 N–H and O–H groups in total. The summed E-state index contributed by atoms with van der Waals surface area (Å²) >= 11 is 0. The zero-order chi connectivity index (χ0) is 10.8. The third kappa shape index (κ3) is 2.30. The number of nitrogens with zero attached hydrogens (tertiary/aromatic N) is 1. The second-order valence-corrected chi connectivity index (χ2v) is 4.69. The van der Waals surface area contributed by atoms with Crippen molar-refractivity contribution in [2.75, 3.05) is 0 Å². The second kappa shape index (κ2) is 4.21. The lowest BCUT2D eigenvalue weighted by Gasteiger charge is -2.25. The monoisotopic (exact) mass is 211 g/mol. The van der Waals surface area contributed by atoms with E-state index >= 15 is 0 Å². The number of hydrogen-bond donors (Lipinski definition) is 1. The van der Waals surface area contributed by atoms with Gasteiger partial charge in [0.1, 0.15) is 0 Å². The first-order chi connectivity index (χ1) is 7.16. The predicted octanol–water partition coefficient (Wildman–Crippen LogP) is 2.04. The van der Waals surface area contributed by atoms with E-state index in [9.17, 15) is 4.79 Å². The Morgan fingerprint density at radius 1 is 1.53 bits per heavy atom. The van der Waals surface area contributed by atoms with E-state index in [1.54, 1.807) is 0 Å². The molecule has 2 aliphatic rings. The van der Waals surface area contributed by atoms with Gasteiger partial charge in [-0.2, -0.15) is 0 Å². The van der Waals surface area contributed by atoms with Crippen LogP contribution in [0.3, 0.4) is 0 Å². The zero-order valence-corrected chi connectivity index (χ0v) is 8.98. The molecule has 84 valence electrons. The van der Waals surface area contributed by atoms with Crippen LogP contribution in [0.1, 0.15) is 39.0 Å². The molecule has 1 aliphatic carbocycles. The van der Waals surface area contributed by atoms with Gasteiger partial charge in [-0.05, 0) is 18.8 Å². The average Bonchev–Trinajstić information content (AvgIpc) is 2.66. The van der Waals surface area contributed by atoms with Crippen LogP contribution in [0, 0.1) is 11.8 Å². The van der Waals surface area contributed by atoms with Crippen LogP contribution in [0.5, 0.6) is 0 Å². The molecule has 0 aromatic rings. The molecular weight excluding hydrogens is 194 g/mol. The van der Waals surface area contributed by atoms with Gasteiger partial charge < -0.3 is 9.94 Å². The van der Waals surface area contributed by atoms with Crippen LogP contribution in [0.2, 0.25) is 0 Å². The van der Waals surface area contributed by atoms with Crippen molar-refractivity contribution in [3.8, 4) is 0 Å². The van der Waals surface area contributed by atoms with E-state index in [1.807, 2.05) is 0 Å². The molecule has 0 amide bonds. The van der Waals surface area contributed by atoms with Crippen molar-refractivity contribution in [3.63, 3.8) is 0 Å². The Balaban J connectivity index is 1.92. The van der Waals surface area contributed by atoms with E-state index in [4.69, 9.17) is 9.94 Å². The fraction of sp³-hybridized carbons (Fsp3) is 0.818. The number of aliphatic carboxylic acids is 1. The quantitative estimate of drug-likeness (QED) is 0.760. The van der Waals surface area contributed by atoms with Crippen molar-refractivity contribution >= 4 is 11.7 Å². The van der Waals surface area contributed by atoms with Crippen LogP contribution in [0.25, 0.3) is 0 Å². The number of rotatable bonds is 2. The molecule has 0 spiro atoms. The summed E-state index contributed by atoms with van der Waals surface area (Å²) in [5, 5.41) is 12.7. The molecule has 0 bridgehead atoms. The molecule has 1 heterocycles. The average molecular weight is 211 g/mol. The summed E-state index contributed by atoms with van der Waals surface area (Å²) in [5.74, 6) is 0.283. The van der Waals surface area contributed by atoms with Crippen molar-refractivity contribution in [2.45, 2.75) is 45.1 Å². The molecule has 0 saturated heterocycles. The normalized spacial score (nSPS) is 35.8. The molecule has 4 nitrogen and oxygen atoms in total. The van der Waals surface area contributed by atoms with Crippen molar-refractivity contribution in [2.24, 2.45) is 17.0 Å². The maximum atomic E-state index is 10.7. The molecule has 0 unspecified atom stereocenters. The number of oxime groups is 1. The van der Waals surface area contributed by atoms with E-state index in [2.05, 4.69) is 12.1 Å². The summed E-state index contributed by atoms with van der Waals surface area (Å²) in [4.78, 5) is 15.6. The minimum Gasteiger partial charge on any atom is -0.478 e. The van der Waals surface area contributed by atoms with Crippen LogP contribution in [-0.2, 0) is 9.63 Å². The van der Waals surface area contributed by atoms with E-state index in [-0.39, 0.29) is 0 Å². The largest absolute Gasteiger partial charge is 0.478 e. The van der Waals surface area contributed by atoms with E-state index in [0.29, 0.717) is 12.3 Å². The molecule has 1 saturated carbocycles. The third-order valence-corrected chi connectivity index (χ3v) is 3.37. The summed E-state index contributed by atoms with van der Waals surface area (Å²) < 4.78 is 0. The fourth-order valence-corrected chi connectivity index (χ4v) is 2.51. The highest BCUT2D eigenvalue weighted by molar-refractivity contribution is 5.92. The molecular formula is C11H17NO3. The molecule has 2 rings (SSSR count).